The van der Waals surface area contributed by atoms with E-state index in [1.807, 2.05) is 18.2 Å². The van der Waals surface area contributed by atoms with Crippen molar-refractivity contribution in [2.75, 3.05) is 11.9 Å². The molecule has 84 valence electrons. The molecular formula is C12H10F3N. The van der Waals surface area contributed by atoms with Gasteiger partial charge in [-0.25, -0.2) is 0 Å². The number of rotatable bonds is 2. The van der Waals surface area contributed by atoms with Crippen LogP contribution in [0.5, 0.6) is 0 Å². The molecule has 2 aromatic rings. The molecule has 0 spiro atoms. The van der Waals surface area contributed by atoms with Gasteiger partial charge < -0.3 is 5.32 Å². The van der Waals surface area contributed by atoms with Gasteiger partial charge in [-0.15, -0.1) is 0 Å². The van der Waals surface area contributed by atoms with Crippen molar-refractivity contribution in [1.82, 2.24) is 0 Å². The fourth-order valence-corrected chi connectivity index (χ4v) is 1.58. The van der Waals surface area contributed by atoms with Crippen molar-refractivity contribution >= 4 is 16.5 Å². The summed E-state index contributed by atoms with van der Waals surface area (Å²) in [6.07, 6.45) is -4.20. The van der Waals surface area contributed by atoms with E-state index in [4.69, 9.17) is 0 Å². The zero-order chi connectivity index (χ0) is 11.6. The predicted octanol–water partition coefficient (Wildman–Crippen LogP) is 3.81. The van der Waals surface area contributed by atoms with E-state index < -0.39 is 12.7 Å². The van der Waals surface area contributed by atoms with Crippen LogP contribution in [0, 0.1) is 0 Å². The van der Waals surface area contributed by atoms with Crippen molar-refractivity contribution < 1.29 is 13.2 Å². The quantitative estimate of drug-likeness (QED) is 0.819. The Balaban J connectivity index is 2.30. The third kappa shape index (κ3) is 2.45. The predicted molar refractivity (Wildman–Crippen MR) is 58.5 cm³/mol. The van der Waals surface area contributed by atoms with Crippen molar-refractivity contribution in [3.05, 3.63) is 42.5 Å². The van der Waals surface area contributed by atoms with Gasteiger partial charge in [0.25, 0.3) is 0 Å². The highest BCUT2D eigenvalue weighted by atomic mass is 19.4. The molecule has 0 radical (unpaired) electrons. The number of fused-ring (bicyclic) bond motifs is 1. The Labute approximate surface area is 90.9 Å². The summed E-state index contributed by atoms with van der Waals surface area (Å²) in [7, 11) is 0. The van der Waals surface area contributed by atoms with Gasteiger partial charge in [-0.1, -0.05) is 36.4 Å². The highest BCUT2D eigenvalue weighted by molar-refractivity contribution is 5.93. The van der Waals surface area contributed by atoms with Gasteiger partial charge in [-0.3, -0.25) is 0 Å². The van der Waals surface area contributed by atoms with E-state index in [0.717, 1.165) is 10.8 Å². The van der Waals surface area contributed by atoms with Crippen LogP contribution < -0.4 is 5.32 Å². The minimum atomic E-state index is -4.20. The van der Waals surface area contributed by atoms with Gasteiger partial charge in [0.15, 0.2) is 0 Å². The molecule has 0 unspecified atom stereocenters. The van der Waals surface area contributed by atoms with Crippen LogP contribution in [0.4, 0.5) is 18.9 Å². The maximum Gasteiger partial charge on any atom is 0.405 e. The smallest absolute Gasteiger partial charge is 0.376 e. The molecule has 0 amide bonds. The first kappa shape index (κ1) is 10.8. The molecule has 4 heteroatoms. The summed E-state index contributed by atoms with van der Waals surface area (Å²) < 4.78 is 36.2. The van der Waals surface area contributed by atoms with Crippen molar-refractivity contribution in [2.45, 2.75) is 6.18 Å². The van der Waals surface area contributed by atoms with Gasteiger partial charge in [0.1, 0.15) is 6.54 Å². The number of benzene rings is 2. The van der Waals surface area contributed by atoms with Gasteiger partial charge in [0.2, 0.25) is 0 Å². The Morgan fingerprint density at radius 1 is 0.938 bits per heavy atom. The van der Waals surface area contributed by atoms with Crippen LogP contribution in [0.25, 0.3) is 10.8 Å². The first-order valence-corrected chi connectivity index (χ1v) is 4.85. The van der Waals surface area contributed by atoms with Crippen LogP contribution in [-0.2, 0) is 0 Å². The van der Waals surface area contributed by atoms with E-state index in [1.54, 1.807) is 24.3 Å². The Morgan fingerprint density at radius 2 is 1.62 bits per heavy atom. The normalized spacial score (nSPS) is 11.7. The molecule has 16 heavy (non-hydrogen) atoms. The molecule has 0 bridgehead atoms. The molecule has 2 aromatic carbocycles. The second-order valence-corrected chi connectivity index (χ2v) is 3.50. The Morgan fingerprint density at radius 3 is 2.38 bits per heavy atom. The van der Waals surface area contributed by atoms with Gasteiger partial charge in [0, 0.05) is 11.1 Å². The lowest BCUT2D eigenvalue weighted by Crippen LogP contribution is -2.21. The summed E-state index contributed by atoms with van der Waals surface area (Å²) in [4.78, 5) is 0. The maximum absolute atomic E-state index is 12.1. The molecule has 0 aromatic heterocycles. The molecule has 2 rings (SSSR count). The largest absolute Gasteiger partial charge is 0.405 e. The average molecular weight is 225 g/mol. The monoisotopic (exact) mass is 225 g/mol. The lowest BCUT2D eigenvalue weighted by Gasteiger charge is -2.11. The third-order valence-electron chi connectivity index (χ3n) is 2.27. The molecule has 0 fully saturated rings. The molecule has 1 nitrogen and oxygen atoms in total. The number of hydrogen-bond donors (Lipinski definition) is 1. The van der Waals surface area contributed by atoms with Gasteiger partial charge in [0.05, 0.1) is 0 Å². The second-order valence-electron chi connectivity index (χ2n) is 3.50. The highest BCUT2D eigenvalue weighted by Gasteiger charge is 2.26. The summed E-state index contributed by atoms with van der Waals surface area (Å²) in [6.45, 7) is -1.01. The summed E-state index contributed by atoms with van der Waals surface area (Å²) in [5.41, 5.74) is 0.510. The summed E-state index contributed by atoms with van der Waals surface area (Å²) in [6, 6.07) is 12.6. The number of halogens is 3. The summed E-state index contributed by atoms with van der Waals surface area (Å²) in [5, 5.41) is 4.13. The molecular weight excluding hydrogens is 215 g/mol. The number of nitrogens with one attached hydrogen (secondary N) is 1. The van der Waals surface area contributed by atoms with Crippen molar-refractivity contribution in [2.24, 2.45) is 0 Å². The van der Waals surface area contributed by atoms with E-state index in [1.165, 1.54) is 0 Å². The van der Waals surface area contributed by atoms with Gasteiger partial charge >= 0.3 is 6.18 Å². The van der Waals surface area contributed by atoms with E-state index in [2.05, 4.69) is 5.32 Å². The minimum Gasteiger partial charge on any atom is -0.376 e. The fraction of sp³-hybridized carbons (Fsp3) is 0.167. The fourth-order valence-electron chi connectivity index (χ4n) is 1.58. The lowest BCUT2D eigenvalue weighted by molar-refractivity contribution is -0.115. The molecule has 0 aliphatic carbocycles. The average Bonchev–Trinajstić information content (AvgIpc) is 2.25. The molecule has 0 heterocycles. The molecule has 0 saturated carbocycles. The molecule has 0 atom stereocenters. The van der Waals surface area contributed by atoms with E-state index >= 15 is 0 Å². The zero-order valence-corrected chi connectivity index (χ0v) is 8.38. The van der Waals surface area contributed by atoms with E-state index in [9.17, 15) is 13.2 Å². The van der Waals surface area contributed by atoms with Crippen LogP contribution >= 0.6 is 0 Å². The standard InChI is InChI=1S/C12H10F3N/c13-12(14,15)8-16-11-7-3-5-9-4-1-2-6-10(9)11/h1-7,16H,8H2. The van der Waals surface area contributed by atoms with E-state index in [0.29, 0.717) is 5.69 Å². The zero-order valence-electron chi connectivity index (χ0n) is 8.38. The Kier molecular flexibility index (Phi) is 2.73. The summed E-state index contributed by atoms with van der Waals surface area (Å²) >= 11 is 0. The van der Waals surface area contributed by atoms with Crippen LogP contribution in [-0.4, -0.2) is 12.7 Å². The molecule has 0 aliphatic heterocycles. The summed E-state index contributed by atoms with van der Waals surface area (Å²) in [5.74, 6) is 0. The second kappa shape index (κ2) is 4.04. The van der Waals surface area contributed by atoms with Gasteiger partial charge in [-0.2, -0.15) is 13.2 Å². The molecule has 1 N–H and O–H groups in total. The van der Waals surface area contributed by atoms with Crippen LogP contribution in [0.1, 0.15) is 0 Å². The maximum atomic E-state index is 12.1. The first-order chi connectivity index (χ1) is 7.56. The highest BCUT2D eigenvalue weighted by Crippen LogP contribution is 2.24. The van der Waals surface area contributed by atoms with Crippen LogP contribution in [0.15, 0.2) is 42.5 Å². The van der Waals surface area contributed by atoms with Crippen LogP contribution in [0.2, 0.25) is 0 Å². The molecule has 0 saturated heterocycles. The Bertz CT molecular complexity index is 486. The van der Waals surface area contributed by atoms with E-state index in [-0.39, 0.29) is 0 Å². The van der Waals surface area contributed by atoms with Crippen molar-refractivity contribution in [3.63, 3.8) is 0 Å². The van der Waals surface area contributed by atoms with Crippen molar-refractivity contribution in [1.29, 1.82) is 0 Å². The first-order valence-electron chi connectivity index (χ1n) is 4.85. The number of alkyl halides is 3. The lowest BCUT2D eigenvalue weighted by atomic mass is 10.1. The third-order valence-corrected chi connectivity index (χ3v) is 2.27. The number of anilines is 1. The molecule has 0 aliphatic rings. The van der Waals surface area contributed by atoms with Crippen LogP contribution in [0.3, 0.4) is 0 Å². The van der Waals surface area contributed by atoms with Crippen molar-refractivity contribution in [3.8, 4) is 0 Å². The Hall–Kier alpha value is -1.71. The number of hydrogen-bond acceptors (Lipinski definition) is 1. The SMILES string of the molecule is FC(F)(F)CNc1cccc2ccccc12. The van der Waals surface area contributed by atoms with Gasteiger partial charge in [-0.05, 0) is 11.5 Å². The minimum absolute atomic E-state index is 0.510. The topological polar surface area (TPSA) is 12.0 Å².